The molecule has 3 aromatic rings. The van der Waals surface area contributed by atoms with Gasteiger partial charge in [-0.15, -0.1) is 0 Å². The van der Waals surface area contributed by atoms with Gasteiger partial charge in [-0.25, -0.2) is 0 Å². The van der Waals surface area contributed by atoms with Gasteiger partial charge in [0.05, 0.1) is 10.8 Å². The van der Waals surface area contributed by atoms with Gasteiger partial charge in [0.2, 0.25) is 0 Å². The monoisotopic (exact) mass is 793 g/mol. The van der Waals surface area contributed by atoms with E-state index in [0.717, 1.165) is 23.0 Å². The topological polar surface area (TPSA) is 89.5 Å². The Balaban J connectivity index is 0.000000447. The highest BCUT2D eigenvalue weighted by Crippen LogP contribution is 2.34. The predicted octanol–water partition coefficient (Wildman–Crippen LogP) is 12.6. The molecular formula is C49H76O8. The molecule has 3 rings (SSSR count). The maximum Gasteiger partial charge on any atom is 0.311 e. The van der Waals surface area contributed by atoms with Crippen molar-refractivity contribution in [3.05, 3.63) is 83.9 Å². The molecule has 320 valence electrons. The maximum atomic E-state index is 11.3. The van der Waals surface area contributed by atoms with Gasteiger partial charge in [0.25, 0.3) is 0 Å². The van der Waals surface area contributed by atoms with Crippen molar-refractivity contribution >= 4 is 11.9 Å². The first-order valence-electron chi connectivity index (χ1n) is 20.0. The minimum Gasteiger partial charge on any atom is -0.488 e. The average Bonchev–Trinajstić information content (AvgIpc) is 3.01. The van der Waals surface area contributed by atoms with Crippen molar-refractivity contribution in [1.29, 1.82) is 0 Å². The number of carbonyl (C=O) groups is 2. The van der Waals surface area contributed by atoms with Crippen LogP contribution in [-0.4, -0.2) is 47.6 Å². The van der Waals surface area contributed by atoms with Crippen molar-refractivity contribution in [1.82, 2.24) is 0 Å². The first kappa shape index (κ1) is 50.8. The molecule has 0 amide bonds. The number of esters is 2. The van der Waals surface area contributed by atoms with Crippen LogP contribution in [0.25, 0.3) is 0 Å². The fourth-order valence-electron chi connectivity index (χ4n) is 4.74. The summed E-state index contributed by atoms with van der Waals surface area (Å²) >= 11 is 0. The van der Waals surface area contributed by atoms with E-state index >= 15 is 0 Å². The molecule has 57 heavy (non-hydrogen) atoms. The van der Waals surface area contributed by atoms with Gasteiger partial charge in [0, 0.05) is 5.41 Å². The molecule has 0 unspecified atom stereocenters. The normalized spacial score (nSPS) is 12.5. The quantitative estimate of drug-likeness (QED) is 0.156. The van der Waals surface area contributed by atoms with Gasteiger partial charge in [-0.2, -0.15) is 0 Å². The van der Waals surface area contributed by atoms with Crippen LogP contribution in [0.3, 0.4) is 0 Å². The highest BCUT2D eigenvalue weighted by Gasteiger charge is 2.26. The molecule has 0 saturated heterocycles. The fourth-order valence-corrected chi connectivity index (χ4v) is 4.74. The Morgan fingerprint density at radius 1 is 0.351 bits per heavy atom. The highest BCUT2D eigenvalue weighted by atomic mass is 16.6. The van der Waals surface area contributed by atoms with Crippen molar-refractivity contribution in [2.75, 3.05) is 13.2 Å². The Kier molecular flexibility index (Phi) is 17.8. The van der Waals surface area contributed by atoms with Gasteiger partial charge < -0.3 is 28.4 Å². The third-order valence-electron chi connectivity index (χ3n) is 7.45. The van der Waals surface area contributed by atoms with E-state index in [4.69, 9.17) is 28.4 Å². The highest BCUT2D eigenvalue weighted by molar-refractivity contribution is 5.76. The lowest BCUT2D eigenvalue weighted by atomic mass is 9.78. The van der Waals surface area contributed by atoms with E-state index < -0.39 is 10.8 Å². The third-order valence-corrected chi connectivity index (χ3v) is 7.45. The summed E-state index contributed by atoms with van der Waals surface area (Å²) in [5.41, 5.74) is 0.720. The molecular weight excluding hydrogens is 717 g/mol. The Morgan fingerprint density at radius 2 is 0.544 bits per heavy atom. The van der Waals surface area contributed by atoms with Crippen molar-refractivity contribution in [3.63, 3.8) is 0 Å². The average molecular weight is 793 g/mol. The smallest absolute Gasteiger partial charge is 0.311 e. The Labute approximate surface area is 346 Å². The van der Waals surface area contributed by atoms with Crippen LogP contribution >= 0.6 is 0 Å². The van der Waals surface area contributed by atoms with Gasteiger partial charge in [0.1, 0.15) is 58.6 Å². The second-order valence-electron chi connectivity index (χ2n) is 20.8. The minimum atomic E-state index is -0.520. The zero-order valence-electron chi connectivity index (χ0n) is 39.1. The zero-order valence-corrected chi connectivity index (χ0v) is 39.1. The summed E-state index contributed by atoms with van der Waals surface area (Å²) in [6, 6.07) is 24.6. The molecule has 0 aliphatic carbocycles. The van der Waals surface area contributed by atoms with Crippen LogP contribution in [0.1, 0.15) is 150 Å². The standard InChI is InChI=1S/C23H32O2.C14H22O2.C12H22O4/c1-21(2,3)24-19-13-9-17(10-14-19)23(7,8)18-11-15-20(16-12-18)25-22(4,5)6;1-13(2,3)15-11-7-9-12(10-8-11)16-14(4,5)6;1-11(2,3)9(13)15-7-8-16-10(14)12(4,5)6/h9-16H,1-8H3;7-10H,1-6H3;7-8H2,1-6H3. The van der Waals surface area contributed by atoms with E-state index in [1.165, 1.54) is 11.1 Å². The van der Waals surface area contributed by atoms with Gasteiger partial charge in [-0.3, -0.25) is 9.59 Å². The van der Waals surface area contributed by atoms with Crippen LogP contribution in [0.5, 0.6) is 23.0 Å². The second kappa shape index (κ2) is 20.0. The molecule has 8 nitrogen and oxygen atoms in total. The Morgan fingerprint density at radius 3 is 0.719 bits per heavy atom. The van der Waals surface area contributed by atoms with Crippen LogP contribution in [0.4, 0.5) is 0 Å². The number of carbonyl (C=O) groups excluding carboxylic acids is 2. The van der Waals surface area contributed by atoms with Crippen molar-refractivity contribution in [2.24, 2.45) is 10.8 Å². The minimum absolute atomic E-state index is 0.0828. The molecule has 0 fully saturated rings. The van der Waals surface area contributed by atoms with Gasteiger partial charge in [-0.1, -0.05) is 38.1 Å². The van der Waals surface area contributed by atoms with Crippen LogP contribution in [-0.2, 0) is 24.5 Å². The molecule has 0 N–H and O–H groups in total. The largest absolute Gasteiger partial charge is 0.488 e. The summed E-state index contributed by atoms with van der Waals surface area (Å²) in [6.07, 6.45) is 0. The van der Waals surface area contributed by atoms with Gasteiger partial charge >= 0.3 is 11.9 Å². The van der Waals surface area contributed by atoms with Crippen molar-refractivity contribution < 1.29 is 38.0 Å². The fraction of sp³-hybridized carbons (Fsp3) is 0.592. The van der Waals surface area contributed by atoms with Crippen LogP contribution in [0.15, 0.2) is 72.8 Å². The number of hydrogen-bond acceptors (Lipinski definition) is 8. The van der Waals surface area contributed by atoms with E-state index in [9.17, 15) is 9.59 Å². The molecule has 0 atom stereocenters. The van der Waals surface area contributed by atoms with E-state index in [2.05, 4.69) is 104 Å². The molecule has 0 aromatic heterocycles. The molecule has 0 spiro atoms. The van der Waals surface area contributed by atoms with Crippen LogP contribution < -0.4 is 18.9 Å². The zero-order chi connectivity index (χ0) is 44.3. The van der Waals surface area contributed by atoms with Crippen LogP contribution in [0, 0.1) is 10.8 Å². The molecule has 0 saturated carbocycles. The molecule has 0 heterocycles. The molecule has 8 heteroatoms. The predicted molar refractivity (Wildman–Crippen MR) is 234 cm³/mol. The van der Waals surface area contributed by atoms with E-state index in [1.807, 2.05) is 65.8 Å². The Bertz CT molecular complexity index is 1520. The molecule has 0 aliphatic rings. The Hall–Kier alpha value is -4.20. The second-order valence-corrected chi connectivity index (χ2v) is 20.8. The number of ether oxygens (including phenoxy) is 6. The van der Waals surface area contributed by atoms with Crippen molar-refractivity contribution in [2.45, 2.75) is 166 Å². The summed E-state index contributed by atoms with van der Waals surface area (Å²) in [7, 11) is 0. The summed E-state index contributed by atoms with van der Waals surface area (Å²) in [4.78, 5) is 22.7. The van der Waals surface area contributed by atoms with Gasteiger partial charge in [-0.05, 0) is 184 Å². The summed E-state index contributed by atoms with van der Waals surface area (Å²) in [5, 5.41) is 0. The number of benzene rings is 3. The SMILES string of the molecule is CC(C)(C)C(=O)OCCOC(=O)C(C)(C)C.CC(C)(C)Oc1ccc(C(C)(C)c2ccc(OC(C)(C)C)cc2)cc1.CC(C)(C)Oc1ccc(OC(C)(C)C)cc1. The summed E-state index contributed by atoms with van der Waals surface area (Å²) in [6.45, 7) is 39.9. The molecule has 3 aromatic carbocycles. The summed E-state index contributed by atoms with van der Waals surface area (Å²) in [5.74, 6) is 2.96. The maximum absolute atomic E-state index is 11.3. The first-order chi connectivity index (χ1) is 25.6. The number of rotatable bonds is 9. The lowest BCUT2D eigenvalue weighted by Gasteiger charge is -2.28. The number of hydrogen-bond donors (Lipinski definition) is 0. The van der Waals surface area contributed by atoms with Crippen molar-refractivity contribution in [3.8, 4) is 23.0 Å². The van der Waals surface area contributed by atoms with E-state index in [-0.39, 0.29) is 53.0 Å². The third kappa shape index (κ3) is 21.8. The molecule has 0 aliphatic heterocycles. The first-order valence-corrected chi connectivity index (χ1v) is 20.0. The lowest BCUT2D eigenvalue weighted by molar-refractivity contribution is -0.161. The molecule has 0 bridgehead atoms. The molecule has 0 radical (unpaired) electrons. The van der Waals surface area contributed by atoms with E-state index in [0.29, 0.717) is 0 Å². The summed E-state index contributed by atoms with van der Waals surface area (Å²) < 4.78 is 33.2. The van der Waals surface area contributed by atoms with Crippen LogP contribution in [0.2, 0.25) is 0 Å². The van der Waals surface area contributed by atoms with Gasteiger partial charge in [0.15, 0.2) is 0 Å². The van der Waals surface area contributed by atoms with E-state index in [1.54, 1.807) is 41.5 Å². The lowest BCUT2D eigenvalue weighted by Crippen LogP contribution is -2.27.